The quantitative estimate of drug-likeness (QED) is 0.553. The van der Waals surface area contributed by atoms with Crippen LogP contribution in [0.1, 0.15) is 15.9 Å². The number of carbonyl (C=O) groups excluding carboxylic acids is 1. The first kappa shape index (κ1) is 20.9. The first-order valence-corrected chi connectivity index (χ1v) is 8.74. The number of methoxy groups -OCH3 is 1. The van der Waals surface area contributed by atoms with E-state index >= 15 is 0 Å². The Labute approximate surface area is 170 Å². The summed E-state index contributed by atoms with van der Waals surface area (Å²) in [6.45, 7) is 0. The zero-order valence-electron chi connectivity index (χ0n) is 16.0. The maximum absolute atomic E-state index is 13.4. The molecule has 3 rings (SSSR count). The molecule has 0 atom stereocenters. The Hall–Kier alpha value is -3.82. The third-order valence-electron chi connectivity index (χ3n) is 4.06. The molecular weight excluding hydrogens is 399 g/mol. The van der Waals surface area contributed by atoms with Crippen LogP contribution in [0.15, 0.2) is 54.7 Å². The zero-order chi connectivity index (χ0) is 21.7. The molecule has 0 radical (unpaired) electrons. The number of ether oxygens (including phenoxy) is 1. The van der Waals surface area contributed by atoms with E-state index in [4.69, 9.17) is 4.74 Å². The maximum atomic E-state index is 13.4. The zero-order valence-corrected chi connectivity index (χ0v) is 16.0. The van der Waals surface area contributed by atoms with E-state index in [0.717, 1.165) is 0 Å². The molecule has 0 unspecified atom stereocenters. The summed E-state index contributed by atoms with van der Waals surface area (Å²) in [4.78, 5) is 19.3. The van der Waals surface area contributed by atoms with Crippen LogP contribution in [-0.2, 0) is 6.18 Å². The van der Waals surface area contributed by atoms with Gasteiger partial charge in [0.05, 0.1) is 7.11 Å². The smallest absolute Gasteiger partial charge is 0.421 e. The van der Waals surface area contributed by atoms with Crippen LogP contribution in [-0.4, -0.2) is 30.0 Å². The van der Waals surface area contributed by atoms with Gasteiger partial charge < -0.3 is 20.7 Å². The molecule has 0 aliphatic carbocycles. The first-order chi connectivity index (χ1) is 14.3. The fraction of sp³-hybridized carbons (Fsp3) is 0.150. The second-order valence-corrected chi connectivity index (χ2v) is 6.09. The molecule has 30 heavy (non-hydrogen) atoms. The van der Waals surface area contributed by atoms with Crippen molar-refractivity contribution in [2.45, 2.75) is 6.18 Å². The Bertz CT molecular complexity index is 1040. The van der Waals surface area contributed by atoms with Crippen LogP contribution in [0.5, 0.6) is 5.75 Å². The molecule has 1 heterocycles. The molecule has 10 heteroatoms. The summed E-state index contributed by atoms with van der Waals surface area (Å²) in [5, 5.41) is 8.00. The number of aromatic nitrogens is 2. The molecule has 3 N–H and O–H groups in total. The SMILES string of the molecule is CNC(=O)c1ccc(Nc2ncc(C(F)(F)F)c(Nc3cccc(OC)c3)n2)cc1. The van der Waals surface area contributed by atoms with Crippen LogP contribution in [0.3, 0.4) is 0 Å². The second kappa shape index (κ2) is 8.68. The van der Waals surface area contributed by atoms with Crippen molar-refractivity contribution in [1.82, 2.24) is 15.3 Å². The highest BCUT2D eigenvalue weighted by Gasteiger charge is 2.35. The van der Waals surface area contributed by atoms with E-state index in [1.165, 1.54) is 14.2 Å². The lowest BCUT2D eigenvalue weighted by Gasteiger charge is -2.15. The summed E-state index contributed by atoms with van der Waals surface area (Å²) in [5.41, 5.74) is 0.316. The van der Waals surface area contributed by atoms with Crippen molar-refractivity contribution in [3.8, 4) is 5.75 Å². The minimum absolute atomic E-state index is 0.0407. The van der Waals surface area contributed by atoms with Crippen LogP contribution in [0, 0.1) is 0 Å². The second-order valence-electron chi connectivity index (χ2n) is 6.09. The Morgan fingerprint density at radius 2 is 1.77 bits per heavy atom. The molecule has 0 saturated carbocycles. The minimum atomic E-state index is -4.64. The van der Waals surface area contributed by atoms with Gasteiger partial charge in [-0.2, -0.15) is 18.2 Å². The normalized spacial score (nSPS) is 11.0. The highest BCUT2D eigenvalue weighted by Crippen LogP contribution is 2.35. The minimum Gasteiger partial charge on any atom is -0.497 e. The maximum Gasteiger partial charge on any atom is 0.421 e. The van der Waals surface area contributed by atoms with Gasteiger partial charge in [-0.05, 0) is 36.4 Å². The number of carbonyl (C=O) groups is 1. The van der Waals surface area contributed by atoms with Crippen molar-refractivity contribution in [2.75, 3.05) is 24.8 Å². The summed E-state index contributed by atoms with van der Waals surface area (Å²) >= 11 is 0. The lowest BCUT2D eigenvalue weighted by molar-refractivity contribution is -0.137. The molecule has 7 nitrogen and oxygen atoms in total. The summed E-state index contributed by atoms with van der Waals surface area (Å²) < 4.78 is 45.3. The van der Waals surface area contributed by atoms with E-state index in [-0.39, 0.29) is 11.9 Å². The average molecular weight is 417 g/mol. The highest BCUT2D eigenvalue weighted by atomic mass is 19.4. The summed E-state index contributed by atoms with van der Waals surface area (Å²) in [7, 11) is 2.98. The predicted molar refractivity (Wildman–Crippen MR) is 106 cm³/mol. The lowest BCUT2D eigenvalue weighted by atomic mass is 10.2. The fourth-order valence-corrected chi connectivity index (χ4v) is 2.56. The number of hydrogen-bond acceptors (Lipinski definition) is 6. The standard InChI is InChI=1S/C20H18F3N5O2/c1-24-18(29)12-6-8-13(9-7-12)27-19-25-11-16(20(21,22)23)17(28-19)26-14-4-3-5-15(10-14)30-2/h3-11H,1-2H3,(H,24,29)(H2,25,26,27,28). The van der Waals surface area contributed by atoms with Crippen molar-refractivity contribution < 1.29 is 22.7 Å². The Kier molecular flexibility index (Phi) is 6.05. The van der Waals surface area contributed by atoms with E-state index in [9.17, 15) is 18.0 Å². The molecule has 156 valence electrons. The largest absolute Gasteiger partial charge is 0.497 e. The molecule has 0 aliphatic rings. The lowest BCUT2D eigenvalue weighted by Crippen LogP contribution is -2.17. The molecule has 0 fully saturated rings. The third-order valence-corrected chi connectivity index (χ3v) is 4.06. The molecule has 0 saturated heterocycles. The van der Waals surface area contributed by atoms with Gasteiger partial charge in [0, 0.05) is 36.2 Å². The summed E-state index contributed by atoms with van der Waals surface area (Å²) in [6, 6.07) is 12.8. The third kappa shape index (κ3) is 4.96. The number of rotatable bonds is 6. The molecular formula is C20H18F3N5O2. The molecule has 0 spiro atoms. The summed E-state index contributed by atoms with van der Waals surface area (Å²) in [5.74, 6) is -0.217. The Balaban J connectivity index is 1.89. The number of anilines is 4. The number of amides is 1. The molecule has 2 aromatic carbocycles. The van der Waals surface area contributed by atoms with Crippen LogP contribution in [0.25, 0.3) is 0 Å². The van der Waals surface area contributed by atoms with Gasteiger partial charge in [0.15, 0.2) is 0 Å². The average Bonchev–Trinajstić information content (AvgIpc) is 2.73. The van der Waals surface area contributed by atoms with Crippen molar-refractivity contribution in [1.29, 1.82) is 0 Å². The van der Waals surface area contributed by atoms with Crippen LogP contribution >= 0.6 is 0 Å². The fourth-order valence-electron chi connectivity index (χ4n) is 2.56. The molecule has 1 aromatic heterocycles. The van der Waals surface area contributed by atoms with Crippen molar-refractivity contribution in [3.63, 3.8) is 0 Å². The molecule has 3 aromatic rings. The van der Waals surface area contributed by atoms with E-state index in [2.05, 4.69) is 25.9 Å². The van der Waals surface area contributed by atoms with Gasteiger partial charge in [0.2, 0.25) is 5.95 Å². The van der Waals surface area contributed by atoms with Gasteiger partial charge >= 0.3 is 6.18 Å². The van der Waals surface area contributed by atoms with Gasteiger partial charge in [-0.1, -0.05) is 6.07 Å². The highest BCUT2D eigenvalue weighted by molar-refractivity contribution is 5.94. The number of hydrogen-bond donors (Lipinski definition) is 3. The van der Waals surface area contributed by atoms with Gasteiger partial charge in [0.25, 0.3) is 5.91 Å². The molecule has 0 bridgehead atoms. The number of halogens is 3. The predicted octanol–water partition coefficient (Wildman–Crippen LogP) is 4.35. The number of alkyl halides is 3. The van der Waals surface area contributed by atoms with Gasteiger partial charge in [-0.25, -0.2) is 4.98 Å². The Morgan fingerprint density at radius 3 is 2.40 bits per heavy atom. The molecule has 1 amide bonds. The topological polar surface area (TPSA) is 88.2 Å². The van der Waals surface area contributed by atoms with E-state index in [0.29, 0.717) is 28.9 Å². The van der Waals surface area contributed by atoms with Crippen LogP contribution in [0.4, 0.5) is 36.3 Å². The van der Waals surface area contributed by atoms with Crippen LogP contribution < -0.4 is 20.7 Å². The number of nitrogens with one attached hydrogen (secondary N) is 3. The first-order valence-electron chi connectivity index (χ1n) is 8.74. The number of benzene rings is 2. The number of nitrogens with zero attached hydrogens (tertiary/aromatic N) is 2. The monoisotopic (exact) mass is 417 g/mol. The van der Waals surface area contributed by atoms with E-state index < -0.39 is 17.6 Å². The molecule has 0 aliphatic heterocycles. The van der Waals surface area contributed by atoms with Crippen LogP contribution in [0.2, 0.25) is 0 Å². The Morgan fingerprint density at radius 1 is 1.03 bits per heavy atom. The van der Waals surface area contributed by atoms with Gasteiger partial charge in [-0.15, -0.1) is 0 Å². The van der Waals surface area contributed by atoms with E-state index in [1.54, 1.807) is 48.5 Å². The van der Waals surface area contributed by atoms with E-state index in [1.807, 2.05) is 0 Å². The van der Waals surface area contributed by atoms with Gasteiger partial charge in [-0.3, -0.25) is 4.79 Å². The van der Waals surface area contributed by atoms with Gasteiger partial charge in [0.1, 0.15) is 17.1 Å². The summed E-state index contributed by atoms with van der Waals surface area (Å²) in [6.07, 6.45) is -3.94. The van der Waals surface area contributed by atoms with Crippen molar-refractivity contribution in [3.05, 3.63) is 65.9 Å². The van der Waals surface area contributed by atoms with Crippen molar-refractivity contribution >= 4 is 29.0 Å². The van der Waals surface area contributed by atoms with Crippen molar-refractivity contribution in [2.24, 2.45) is 0 Å².